The number of ether oxygens (including phenoxy) is 1. The molecule has 5 rings (SSSR count). The molecular weight excluding hydrogens is 418 g/mol. The van der Waals surface area contributed by atoms with E-state index in [-0.39, 0.29) is 5.56 Å². The summed E-state index contributed by atoms with van der Waals surface area (Å²) in [5.41, 5.74) is 2.93. The molecule has 0 aliphatic rings. The van der Waals surface area contributed by atoms with E-state index in [1.807, 2.05) is 30.1 Å². The molecule has 0 bridgehead atoms. The Balaban J connectivity index is 1.43. The molecule has 0 fully saturated rings. The van der Waals surface area contributed by atoms with Crippen molar-refractivity contribution in [3.05, 3.63) is 83.8 Å². The maximum absolute atomic E-state index is 13.1. The van der Waals surface area contributed by atoms with Crippen LogP contribution in [0.1, 0.15) is 25.6 Å². The van der Waals surface area contributed by atoms with Crippen LogP contribution in [-0.4, -0.2) is 33.9 Å². The van der Waals surface area contributed by atoms with Crippen molar-refractivity contribution in [2.45, 2.75) is 26.4 Å². The lowest BCUT2D eigenvalue weighted by atomic mass is 10.2. The average molecular weight is 441 g/mol. The number of imidazole rings is 1. The van der Waals surface area contributed by atoms with Gasteiger partial charge in [0.2, 0.25) is 0 Å². The molecule has 4 heterocycles. The minimum Gasteiger partial charge on any atom is -0.457 e. The van der Waals surface area contributed by atoms with Crippen LogP contribution in [0.2, 0.25) is 0 Å². The molecule has 0 atom stereocenters. The normalized spacial score (nSPS) is 11.4. The minimum absolute atomic E-state index is 0.143. The molecule has 1 aromatic carbocycles. The van der Waals surface area contributed by atoms with Crippen molar-refractivity contribution in [2.24, 2.45) is 7.05 Å². The molecule has 0 N–H and O–H groups in total. The van der Waals surface area contributed by atoms with Crippen molar-refractivity contribution in [3.63, 3.8) is 0 Å². The first-order valence-corrected chi connectivity index (χ1v) is 10.6. The molecule has 166 valence electrons. The van der Waals surface area contributed by atoms with Crippen LogP contribution < -0.4 is 10.3 Å². The summed E-state index contributed by atoms with van der Waals surface area (Å²) in [4.78, 5) is 26.4. The van der Waals surface area contributed by atoms with E-state index in [1.54, 1.807) is 58.6 Å². The third-order valence-corrected chi connectivity index (χ3v) is 5.35. The zero-order chi connectivity index (χ0) is 22.9. The van der Waals surface area contributed by atoms with Gasteiger partial charge in [-0.3, -0.25) is 19.0 Å². The van der Waals surface area contributed by atoms with Crippen molar-refractivity contribution < 1.29 is 4.74 Å². The molecule has 0 radical (unpaired) electrons. The number of hydrogen-bond acceptors (Lipinski definition) is 6. The highest BCUT2D eigenvalue weighted by atomic mass is 16.5. The van der Waals surface area contributed by atoms with Gasteiger partial charge < -0.3 is 9.30 Å². The van der Waals surface area contributed by atoms with E-state index in [0.717, 1.165) is 17.0 Å². The summed E-state index contributed by atoms with van der Waals surface area (Å²) in [7, 11) is 1.86. The summed E-state index contributed by atoms with van der Waals surface area (Å²) in [6.45, 7) is 4.52. The summed E-state index contributed by atoms with van der Waals surface area (Å²) in [6.07, 6.45) is 10.6. The van der Waals surface area contributed by atoms with Crippen LogP contribution in [-0.2, 0) is 13.6 Å². The number of aromatic nitrogens is 7. The van der Waals surface area contributed by atoms with Crippen molar-refractivity contribution in [1.82, 2.24) is 33.9 Å². The molecule has 0 aliphatic carbocycles. The lowest BCUT2D eigenvalue weighted by molar-refractivity contribution is 0.483. The molecule has 9 heteroatoms. The molecule has 0 unspecified atom stereocenters. The number of pyridine rings is 1. The molecule has 0 spiro atoms. The van der Waals surface area contributed by atoms with E-state index >= 15 is 0 Å². The van der Waals surface area contributed by atoms with E-state index < -0.39 is 0 Å². The fourth-order valence-electron chi connectivity index (χ4n) is 3.55. The topological polar surface area (TPSA) is 92.7 Å². The van der Waals surface area contributed by atoms with Crippen LogP contribution >= 0.6 is 0 Å². The summed E-state index contributed by atoms with van der Waals surface area (Å²) in [5, 5.41) is 4.67. The van der Waals surface area contributed by atoms with Crippen LogP contribution in [0.25, 0.3) is 22.2 Å². The molecule has 5 aromatic rings. The van der Waals surface area contributed by atoms with Gasteiger partial charge in [0.1, 0.15) is 11.5 Å². The maximum Gasteiger partial charge on any atom is 0.261 e. The highest BCUT2D eigenvalue weighted by Crippen LogP contribution is 2.26. The molecule has 0 saturated carbocycles. The molecular formula is C24H23N7O2. The fraction of sp³-hybridized carbons (Fsp3) is 0.208. The molecule has 0 amide bonds. The van der Waals surface area contributed by atoms with Crippen LogP contribution in [0.4, 0.5) is 0 Å². The SMILES string of the molecule is CC(C)n1cnc(Cn2cnc3ccc(Oc4ccnc(-c5cnn(C)c5)c4)cc3c2=O)c1. The van der Waals surface area contributed by atoms with Crippen LogP contribution in [0.15, 0.2) is 72.6 Å². The van der Waals surface area contributed by atoms with Gasteiger partial charge in [-0.05, 0) is 38.1 Å². The number of benzene rings is 1. The Kier molecular flexibility index (Phi) is 5.21. The van der Waals surface area contributed by atoms with Gasteiger partial charge in [0.05, 0.1) is 47.7 Å². The van der Waals surface area contributed by atoms with Crippen molar-refractivity contribution >= 4 is 10.9 Å². The van der Waals surface area contributed by atoms with Crippen molar-refractivity contribution in [2.75, 3.05) is 0 Å². The first kappa shape index (κ1) is 20.6. The Morgan fingerprint density at radius 1 is 1.00 bits per heavy atom. The van der Waals surface area contributed by atoms with Crippen LogP contribution in [0.5, 0.6) is 11.5 Å². The van der Waals surface area contributed by atoms with E-state index in [0.29, 0.717) is 35.0 Å². The average Bonchev–Trinajstić information content (AvgIpc) is 3.46. The van der Waals surface area contributed by atoms with E-state index in [2.05, 4.69) is 33.9 Å². The van der Waals surface area contributed by atoms with Crippen LogP contribution in [0.3, 0.4) is 0 Å². The second-order valence-electron chi connectivity index (χ2n) is 8.14. The van der Waals surface area contributed by atoms with Gasteiger partial charge in [0.25, 0.3) is 5.56 Å². The number of rotatable bonds is 6. The summed E-state index contributed by atoms with van der Waals surface area (Å²) in [6, 6.07) is 9.23. The van der Waals surface area contributed by atoms with E-state index in [9.17, 15) is 4.79 Å². The van der Waals surface area contributed by atoms with Gasteiger partial charge >= 0.3 is 0 Å². The smallest absolute Gasteiger partial charge is 0.261 e. The Bertz CT molecular complexity index is 1500. The highest BCUT2D eigenvalue weighted by molar-refractivity contribution is 5.79. The Morgan fingerprint density at radius 2 is 1.85 bits per heavy atom. The fourth-order valence-corrected chi connectivity index (χ4v) is 3.55. The van der Waals surface area contributed by atoms with Crippen molar-refractivity contribution in [3.8, 4) is 22.8 Å². The number of nitrogens with zero attached hydrogens (tertiary/aromatic N) is 7. The summed E-state index contributed by atoms with van der Waals surface area (Å²) < 4.78 is 11.3. The third kappa shape index (κ3) is 4.25. The van der Waals surface area contributed by atoms with E-state index in [4.69, 9.17) is 4.74 Å². The second kappa shape index (κ2) is 8.34. The summed E-state index contributed by atoms with van der Waals surface area (Å²) >= 11 is 0. The number of hydrogen-bond donors (Lipinski definition) is 0. The third-order valence-electron chi connectivity index (χ3n) is 5.35. The minimum atomic E-state index is -0.143. The van der Waals surface area contributed by atoms with Gasteiger partial charge in [-0.2, -0.15) is 5.10 Å². The Labute approximate surface area is 189 Å². The Morgan fingerprint density at radius 3 is 2.61 bits per heavy atom. The Hall–Kier alpha value is -4.27. The van der Waals surface area contributed by atoms with Gasteiger partial charge in [-0.15, -0.1) is 0 Å². The number of aryl methyl sites for hydroxylation is 1. The predicted molar refractivity (Wildman–Crippen MR) is 124 cm³/mol. The molecule has 0 saturated heterocycles. The molecule has 9 nitrogen and oxygen atoms in total. The van der Waals surface area contributed by atoms with Gasteiger partial charge in [0, 0.05) is 43.3 Å². The first-order valence-electron chi connectivity index (χ1n) is 10.6. The van der Waals surface area contributed by atoms with E-state index in [1.165, 1.54) is 0 Å². The van der Waals surface area contributed by atoms with Crippen molar-refractivity contribution in [1.29, 1.82) is 0 Å². The highest BCUT2D eigenvalue weighted by Gasteiger charge is 2.10. The van der Waals surface area contributed by atoms with Crippen LogP contribution in [0, 0.1) is 0 Å². The second-order valence-corrected chi connectivity index (χ2v) is 8.14. The molecule has 4 aromatic heterocycles. The maximum atomic E-state index is 13.1. The van der Waals surface area contributed by atoms with Gasteiger partial charge in [-0.1, -0.05) is 0 Å². The summed E-state index contributed by atoms with van der Waals surface area (Å²) in [5.74, 6) is 1.17. The predicted octanol–water partition coefficient (Wildman–Crippen LogP) is 3.81. The van der Waals surface area contributed by atoms with Gasteiger partial charge in [-0.25, -0.2) is 9.97 Å². The zero-order valence-corrected chi connectivity index (χ0v) is 18.6. The molecule has 0 aliphatic heterocycles. The van der Waals surface area contributed by atoms with Gasteiger partial charge in [0.15, 0.2) is 0 Å². The zero-order valence-electron chi connectivity index (χ0n) is 18.6. The molecule has 33 heavy (non-hydrogen) atoms. The largest absolute Gasteiger partial charge is 0.457 e. The lowest BCUT2D eigenvalue weighted by Crippen LogP contribution is -2.21. The first-order chi connectivity index (χ1) is 16.0. The lowest BCUT2D eigenvalue weighted by Gasteiger charge is -2.09. The quantitative estimate of drug-likeness (QED) is 0.398. The standard InChI is InChI=1S/C24H23N7O2/c1-16(2)30-12-18(26-14-30)13-31-15-27-22-5-4-19(8-21(22)24(31)32)33-20-6-7-25-23(9-20)17-10-28-29(3)11-17/h4-12,14-16H,13H2,1-3H3. The monoisotopic (exact) mass is 441 g/mol. The number of fused-ring (bicyclic) bond motifs is 1.